The first-order valence-corrected chi connectivity index (χ1v) is 4.12. The standard InChI is InChI=1S/C9H14O2/c1-7-3-8-5-10-6-9(2,4-7)11-8/h4,8H,3,5-6H2,1-2H3/t8-,9+/m1/s1. The van der Waals surface area contributed by atoms with Gasteiger partial charge in [0.2, 0.25) is 0 Å². The van der Waals surface area contributed by atoms with Crippen LogP contribution in [0.1, 0.15) is 20.3 Å². The van der Waals surface area contributed by atoms with E-state index in [1.54, 1.807) is 0 Å². The summed E-state index contributed by atoms with van der Waals surface area (Å²) in [5.74, 6) is 0. The minimum atomic E-state index is -0.134. The van der Waals surface area contributed by atoms with Crippen molar-refractivity contribution in [2.45, 2.75) is 32.0 Å². The molecule has 2 rings (SSSR count). The van der Waals surface area contributed by atoms with Crippen molar-refractivity contribution in [1.29, 1.82) is 0 Å². The molecule has 0 aromatic rings. The zero-order valence-electron chi connectivity index (χ0n) is 7.09. The van der Waals surface area contributed by atoms with E-state index in [0.29, 0.717) is 12.7 Å². The van der Waals surface area contributed by atoms with Crippen LogP contribution in [-0.2, 0) is 9.47 Å². The third-order valence-electron chi connectivity index (χ3n) is 2.23. The van der Waals surface area contributed by atoms with Gasteiger partial charge in [-0.05, 0) is 20.3 Å². The molecule has 0 unspecified atom stereocenters. The number of hydrogen-bond acceptors (Lipinski definition) is 2. The molecule has 2 aliphatic heterocycles. The summed E-state index contributed by atoms with van der Waals surface area (Å²) in [6.45, 7) is 5.72. The average molecular weight is 154 g/mol. The molecular formula is C9H14O2. The van der Waals surface area contributed by atoms with Gasteiger partial charge in [0.15, 0.2) is 0 Å². The lowest BCUT2D eigenvalue weighted by molar-refractivity contribution is -0.174. The van der Waals surface area contributed by atoms with Crippen LogP contribution < -0.4 is 0 Å². The van der Waals surface area contributed by atoms with Crippen molar-refractivity contribution in [3.8, 4) is 0 Å². The summed E-state index contributed by atoms with van der Waals surface area (Å²) in [7, 11) is 0. The first-order valence-electron chi connectivity index (χ1n) is 4.12. The van der Waals surface area contributed by atoms with Crippen molar-refractivity contribution < 1.29 is 9.47 Å². The Morgan fingerprint density at radius 3 is 3.18 bits per heavy atom. The second-order valence-electron chi connectivity index (χ2n) is 3.76. The largest absolute Gasteiger partial charge is 0.375 e. The van der Waals surface area contributed by atoms with Gasteiger partial charge in [0.1, 0.15) is 5.60 Å². The maximum Gasteiger partial charge on any atom is 0.107 e. The molecule has 2 aliphatic rings. The normalized spacial score (nSPS) is 43.5. The molecule has 11 heavy (non-hydrogen) atoms. The van der Waals surface area contributed by atoms with Gasteiger partial charge >= 0.3 is 0 Å². The molecule has 62 valence electrons. The lowest BCUT2D eigenvalue weighted by atomic mass is 9.95. The molecule has 1 saturated heterocycles. The first-order chi connectivity index (χ1) is 5.18. The highest BCUT2D eigenvalue weighted by atomic mass is 16.6. The monoisotopic (exact) mass is 154 g/mol. The molecule has 0 radical (unpaired) electrons. The minimum absolute atomic E-state index is 0.134. The highest BCUT2D eigenvalue weighted by Crippen LogP contribution is 2.30. The Balaban J connectivity index is 2.25. The zero-order valence-corrected chi connectivity index (χ0v) is 7.09. The fraction of sp³-hybridized carbons (Fsp3) is 0.778. The number of hydrogen-bond donors (Lipinski definition) is 0. The molecule has 2 heteroatoms. The molecule has 0 aromatic carbocycles. The SMILES string of the molecule is CC1=C[C@@]2(C)COC[C@@H](C1)O2. The van der Waals surface area contributed by atoms with E-state index in [0.717, 1.165) is 13.0 Å². The van der Waals surface area contributed by atoms with E-state index in [1.165, 1.54) is 5.57 Å². The first kappa shape index (κ1) is 7.32. The molecule has 1 fully saturated rings. The van der Waals surface area contributed by atoms with E-state index in [1.807, 2.05) is 0 Å². The Bertz CT molecular complexity index is 198. The average Bonchev–Trinajstić information content (AvgIpc) is 1.82. The molecule has 0 saturated carbocycles. The van der Waals surface area contributed by atoms with Gasteiger partial charge in [0.25, 0.3) is 0 Å². The lowest BCUT2D eigenvalue weighted by Gasteiger charge is -2.40. The molecule has 0 spiro atoms. The summed E-state index contributed by atoms with van der Waals surface area (Å²) in [6, 6.07) is 0. The Hall–Kier alpha value is -0.340. The highest BCUT2D eigenvalue weighted by molar-refractivity contribution is 5.14. The van der Waals surface area contributed by atoms with Crippen molar-refractivity contribution in [3.05, 3.63) is 11.6 Å². The van der Waals surface area contributed by atoms with Crippen molar-refractivity contribution in [3.63, 3.8) is 0 Å². The fourth-order valence-corrected chi connectivity index (χ4v) is 1.96. The molecular weight excluding hydrogens is 140 g/mol. The van der Waals surface area contributed by atoms with Crippen LogP contribution in [0.15, 0.2) is 11.6 Å². The van der Waals surface area contributed by atoms with Crippen molar-refractivity contribution in [2.24, 2.45) is 0 Å². The zero-order chi connectivity index (χ0) is 7.90. The molecule has 2 bridgehead atoms. The summed E-state index contributed by atoms with van der Waals surface area (Å²) in [5, 5.41) is 0. The third-order valence-corrected chi connectivity index (χ3v) is 2.23. The Labute approximate surface area is 67.2 Å². The van der Waals surface area contributed by atoms with Gasteiger partial charge in [0.05, 0.1) is 19.3 Å². The maximum absolute atomic E-state index is 5.78. The number of fused-ring (bicyclic) bond motifs is 2. The van der Waals surface area contributed by atoms with Crippen LogP contribution in [-0.4, -0.2) is 24.9 Å². The van der Waals surface area contributed by atoms with E-state index in [-0.39, 0.29) is 5.60 Å². The molecule has 2 atom stereocenters. The maximum atomic E-state index is 5.78. The number of ether oxygens (including phenoxy) is 2. The van der Waals surface area contributed by atoms with Crippen LogP contribution in [0, 0.1) is 0 Å². The van der Waals surface area contributed by atoms with Crippen LogP contribution in [0.5, 0.6) is 0 Å². The van der Waals surface area contributed by atoms with Gasteiger partial charge in [-0.2, -0.15) is 0 Å². The molecule has 0 amide bonds. The predicted molar refractivity (Wildman–Crippen MR) is 42.5 cm³/mol. The summed E-state index contributed by atoms with van der Waals surface area (Å²) in [5.41, 5.74) is 1.30. The van der Waals surface area contributed by atoms with E-state index < -0.39 is 0 Å². The smallest absolute Gasteiger partial charge is 0.107 e. The number of rotatable bonds is 0. The van der Waals surface area contributed by atoms with E-state index >= 15 is 0 Å². The van der Waals surface area contributed by atoms with E-state index in [2.05, 4.69) is 19.9 Å². The van der Waals surface area contributed by atoms with Gasteiger partial charge in [0, 0.05) is 0 Å². The van der Waals surface area contributed by atoms with Crippen molar-refractivity contribution in [2.75, 3.05) is 13.2 Å². The van der Waals surface area contributed by atoms with Gasteiger partial charge in [-0.25, -0.2) is 0 Å². The molecule has 0 N–H and O–H groups in total. The predicted octanol–water partition coefficient (Wildman–Crippen LogP) is 1.51. The van der Waals surface area contributed by atoms with E-state index in [4.69, 9.17) is 9.47 Å². The van der Waals surface area contributed by atoms with Crippen LogP contribution in [0.25, 0.3) is 0 Å². The quantitative estimate of drug-likeness (QED) is 0.492. The van der Waals surface area contributed by atoms with E-state index in [9.17, 15) is 0 Å². The second-order valence-corrected chi connectivity index (χ2v) is 3.76. The summed E-state index contributed by atoms with van der Waals surface area (Å²) in [4.78, 5) is 0. The van der Waals surface area contributed by atoms with Crippen molar-refractivity contribution in [1.82, 2.24) is 0 Å². The Kier molecular flexibility index (Phi) is 1.55. The fourth-order valence-electron chi connectivity index (χ4n) is 1.96. The summed E-state index contributed by atoms with van der Waals surface area (Å²) in [6.07, 6.45) is 3.52. The highest BCUT2D eigenvalue weighted by Gasteiger charge is 2.35. The van der Waals surface area contributed by atoms with Crippen LogP contribution in [0.4, 0.5) is 0 Å². The van der Waals surface area contributed by atoms with Crippen LogP contribution in [0.2, 0.25) is 0 Å². The topological polar surface area (TPSA) is 18.5 Å². The van der Waals surface area contributed by atoms with Crippen LogP contribution in [0.3, 0.4) is 0 Å². The summed E-state index contributed by atoms with van der Waals surface area (Å²) < 4.78 is 11.2. The molecule has 0 aliphatic carbocycles. The Morgan fingerprint density at radius 2 is 2.45 bits per heavy atom. The molecule has 0 aromatic heterocycles. The minimum Gasteiger partial charge on any atom is -0.375 e. The van der Waals surface area contributed by atoms with Gasteiger partial charge in [-0.15, -0.1) is 0 Å². The second kappa shape index (κ2) is 2.32. The third kappa shape index (κ3) is 1.33. The van der Waals surface area contributed by atoms with Gasteiger partial charge < -0.3 is 9.47 Å². The van der Waals surface area contributed by atoms with Gasteiger partial charge in [-0.3, -0.25) is 0 Å². The Morgan fingerprint density at radius 1 is 1.64 bits per heavy atom. The lowest BCUT2D eigenvalue weighted by Crippen LogP contribution is -2.46. The summed E-state index contributed by atoms with van der Waals surface area (Å²) >= 11 is 0. The molecule has 2 nitrogen and oxygen atoms in total. The van der Waals surface area contributed by atoms with Crippen molar-refractivity contribution >= 4 is 0 Å². The molecule has 2 heterocycles. The van der Waals surface area contributed by atoms with Crippen LogP contribution >= 0.6 is 0 Å². The van der Waals surface area contributed by atoms with Gasteiger partial charge in [-0.1, -0.05) is 11.6 Å².